The highest BCUT2D eigenvalue weighted by Crippen LogP contribution is 2.37. The molecular formula is C31H33N7O. The van der Waals surface area contributed by atoms with Gasteiger partial charge in [-0.05, 0) is 74.0 Å². The van der Waals surface area contributed by atoms with Crippen LogP contribution in [0.4, 0.5) is 5.95 Å². The van der Waals surface area contributed by atoms with Gasteiger partial charge in [0.05, 0.1) is 17.0 Å². The summed E-state index contributed by atoms with van der Waals surface area (Å²) in [6.07, 6.45) is 8.57. The van der Waals surface area contributed by atoms with E-state index < -0.39 is 0 Å². The molecule has 0 unspecified atom stereocenters. The smallest absolute Gasteiger partial charge is 0.228 e. The van der Waals surface area contributed by atoms with Crippen LogP contribution >= 0.6 is 0 Å². The van der Waals surface area contributed by atoms with Crippen LogP contribution < -0.4 is 15.4 Å². The summed E-state index contributed by atoms with van der Waals surface area (Å²) in [5.74, 6) is 1.94. The quantitative estimate of drug-likeness (QED) is 0.269. The summed E-state index contributed by atoms with van der Waals surface area (Å²) < 4.78 is 8.56. The number of pyridine rings is 1. The van der Waals surface area contributed by atoms with Crippen LogP contribution in [0.2, 0.25) is 0 Å². The average molecular weight is 520 g/mol. The van der Waals surface area contributed by atoms with E-state index in [0.717, 1.165) is 77.9 Å². The van der Waals surface area contributed by atoms with Crippen LogP contribution in [0.3, 0.4) is 0 Å². The van der Waals surface area contributed by atoms with Crippen molar-refractivity contribution in [2.45, 2.75) is 45.7 Å². The largest absolute Gasteiger partial charge is 0.437 e. The van der Waals surface area contributed by atoms with Crippen LogP contribution in [0.25, 0.3) is 22.0 Å². The van der Waals surface area contributed by atoms with Gasteiger partial charge in [-0.1, -0.05) is 30.3 Å². The molecule has 5 aromatic rings. The maximum Gasteiger partial charge on any atom is 0.228 e. The second-order valence-corrected chi connectivity index (χ2v) is 9.97. The van der Waals surface area contributed by atoms with Crippen LogP contribution in [0.5, 0.6) is 11.6 Å². The lowest BCUT2D eigenvalue weighted by atomic mass is 9.98. The molecule has 2 aromatic carbocycles. The molecule has 0 saturated carbocycles. The minimum absolute atomic E-state index is 0.321. The van der Waals surface area contributed by atoms with Gasteiger partial charge in [0.25, 0.3) is 0 Å². The van der Waals surface area contributed by atoms with Crippen molar-refractivity contribution in [3.05, 3.63) is 90.0 Å². The van der Waals surface area contributed by atoms with Crippen LogP contribution in [-0.2, 0) is 13.0 Å². The number of nitrogens with zero attached hydrogens (tertiary/aromatic N) is 5. The molecule has 1 fully saturated rings. The molecule has 4 heterocycles. The minimum atomic E-state index is 0.321. The number of benzene rings is 2. The normalized spacial score (nSPS) is 15.4. The number of fused-ring (bicyclic) bond motifs is 1. The minimum Gasteiger partial charge on any atom is -0.437 e. The van der Waals surface area contributed by atoms with Gasteiger partial charge >= 0.3 is 0 Å². The van der Waals surface area contributed by atoms with Gasteiger partial charge in [-0.25, -0.2) is 15.0 Å². The Morgan fingerprint density at radius 1 is 1.03 bits per heavy atom. The Morgan fingerprint density at radius 2 is 1.97 bits per heavy atom. The number of piperidine rings is 1. The Kier molecular flexibility index (Phi) is 7.19. The van der Waals surface area contributed by atoms with Crippen molar-refractivity contribution in [1.82, 2.24) is 30.0 Å². The summed E-state index contributed by atoms with van der Waals surface area (Å²) in [6.45, 7) is 7.00. The third kappa shape index (κ3) is 5.47. The van der Waals surface area contributed by atoms with Crippen LogP contribution in [0.15, 0.2) is 73.2 Å². The summed E-state index contributed by atoms with van der Waals surface area (Å²) in [7, 11) is 0. The number of aryl methyl sites for hydroxylation is 2. The van der Waals surface area contributed by atoms with E-state index >= 15 is 0 Å². The van der Waals surface area contributed by atoms with Gasteiger partial charge in [-0.3, -0.25) is 4.68 Å². The van der Waals surface area contributed by atoms with E-state index in [1.807, 2.05) is 29.1 Å². The maximum atomic E-state index is 6.60. The molecular weight excluding hydrogens is 486 g/mol. The summed E-state index contributed by atoms with van der Waals surface area (Å²) in [5.41, 5.74) is 4.90. The molecule has 6 rings (SSSR count). The van der Waals surface area contributed by atoms with E-state index in [2.05, 4.69) is 75.9 Å². The number of hydrogen-bond acceptors (Lipinski definition) is 7. The van der Waals surface area contributed by atoms with Crippen LogP contribution in [0, 0.1) is 6.92 Å². The van der Waals surface area contributed by atoms with E-state index in [9.17, 15) is 0 Å². The van der Waals surface area contributed by atoms with Gasteiger partial charge in [-0.2, -0.15) is 5.10 Å². The van der Waals surface area contributed by atoms with Crippen molar-refractivity contribution in [3.8, 4) is 22.9 Å². The predicted octanol–water partition coefficient (Wildman–Crippen LogP) is 5.76. The first-order valence-corrected chi connectivity index (χ1v) is 13.6. The Morgan fingerprint density at radius 3 is 2.82 bits per heavy atom. The van der Waals surface area contributed by atoms with E-state index in [1.165, 1.54) is 5.56 Å². The number of hydrogen-bond donors (Lipinski definition) is 2. The number of anilines is 1. The Balaban J connectivity index is 1.32. The van der Waals surface area contributed by atoms with Gasteiger partial charge in [0, 0.05) is 49.5 Å². The Labute approximate surface area is 228 Å². The second-order valence-electron chi connectivity index (χ2n) is 9.97. The standard InChI is InChI=1S/C31H33N7O/c1-3-38-18-14-23(37-38)19-22-7-4-9-26-25(22)12-11-21(2)29(26)39-30-27(10-6-16-33-30)28-13-17-34-31(36-28)35-24-8-5-15-32-20-24/h4,6-7,9-14,16-18,24,32H,3,5,8,15,19-20H2,1-2H3,(H,34,35,36)/t24-/m0/s1. The number of nitrogens with one attached hydrogen (secondary N) is 2. The summed E-state index contributed by atoms with van der Waals surface area (Å²) in [4.78, 5) is 13.9. The molecule has 0 radical (unpaired) electrons. The second kappa shape index (κ2) is 11.2. The maximum absolute atomic E-state index is 6.60. The van der Waals surface area contributed by atoms with Gasteiger partial charge in [0.2, 0.25) is 11.8 Å². The third-order valence-electron chi connectivity index (χ3n) is 7.22. The first-order chi connectivity index (χ1) is 19.2. The fraction of sp³-hybridized carbons (Fsp3) is 0.290. The van der Waals surface area contributed by atoms with Crippen molar-refractivity contribution in [2.75, 3.05) is 18.4 Å². The van der Waals surface area contributed by atoms with Crippen molar-refractivity contribution >= 4 is 16.7 Å². The van der Waals surface area contributed by atoms with E-state index in [-0.39, 0.29) is 0 Å². The molecule has 8 nitrogen and oxygen atoms in total. The molecule has 1 aliphatic rings. The zero-order valence-electron chi connectivity index (χ0n) is 22.4. The van der Waals surface area contributed by atoms with Gasteiger partial charge < -0.3 is 15.4 Å². The summed E-state index contributed by atoms with van der Waals surface area (Å²) >= 11 is 0. The van der Waals surface area contributed by atoms with Crippen molar-refractivity contribution in [3.63, 3.8) is 0 Å². The molecule has 1 aliphatic heterocycles. The molecule has 1 atom stereocenters. The van der Waals surface area contributed by atoms with Crippen molar-refractivity contribution in [1.29, 1.82) is 0 Å². The fourth-order valence-corrected chi connectivity index (χ4v) is 5.16. The highest BCUT2D eigenvalue weighted by Gasteiger charge is 2.17. The monoisotopic (exact) mass is 519 g/mol. The van der Waals surface area contributed by atoms with Gasteiger partial charge in [0.15, 0.2) is 0 Å². The number of aromatic nitrogens is 5. The molecule has 1 saturated heterocycles. The Bertz CT molecular complexity index is 1590. The van der Waals surface area contributed by atoms with Gasteiger partial charge in [-0.15, -0.1) is 0 Å². The first-order valence-electron chi connectivity index (χ1n) is 13.6. The lowest BCUT2D eigenvalue weighted by Gasteiger charge is -2.23. The molecule has 2 N–H and O–H groups in total. The topological polar surface area (TPSA) is 89.8 Å². The van der Waals surface area contributed by atoms with Crippen LogP contribution in [0.1, 0.15) is 36.6 Å². The zero-order valence-corrected chi connectivity index (χ0v) is 22.4. The first kappa shape index (κ1) is 25.0. The van der Waals surface area contributed by atoms with Crippen molar-refractivity contribution < 1.29 is 4.74 Å². The average Bonchev–Trinajstić information content (AvgIpc) is 3.43. The molecule has 0 bridgehead atoms. The molecule has 0 amide bonds. The molecule has 39 heavy (non-hydrogen) atoms. The van der Waals surface area contributed by atoms with Crippen molar-refractivity contribution in [2.24, 2.45) is 0 Å². The molecule has 8 heteroatoms. The number of rotatable bonds is 8. The van der Waals surface area contributed by atoms with E-state index in [4.69, 9.17) is 9.72 Å². The zero-order chi connectivity index (χ0) is 26.6. The SMILES string of the molecule is CCn1ccc(Cc2cccc3c(Oc4ncccc4-c4ccnc(N[C@H]5CCCNC5)n4)c(C)ccc23)n1. The predicted molar refractivity (Wildman–Crippen MR) is 154 cm³/mol. The fourth-order valence-electron chi connectivity index (χ4n) is 5.16. The third-order valence-corrected chi connectivity index (χ3v) is 7.22. The molecule has 0 aliphatic carbocycles. The van der Waals surface area contributed by atoms with Crippen LogP contribution in [-0.4, -0.2) is 43.9 Å². The Hall–Kier alpha value is -4.30. The molecule has 0 spiro atoms. The lowest BCUT2D eigenvalue weighted by Crippen LogP contribution is -2.38. The highest BCUT2D eigenvalue weighted by molar-refractivity contribution is 5.92. The summed E-state index contributed by atoms with van der Waals surface area (Å²) in [5, 5.41) is 13.8. The highest BCUT2D eigenvalue weighted by atomic mass is 16.5. The molecule has 198 valence electrons. The van der Waals surface area contributed by atoms with E-state index in [1.54, 1.807) is 12.4 Å². The lowest BCUT2D eigenvalue weighted by molar-refractivity contribution is 0.466. The van der Waals surface area contributed by atoms with E-state index in [0.29, 0.717) is 17.9 Å². The molecule has 3 aromatic heterocycles. The summed E-state index contributed by atoms with van der Waals surface area (Å²) in [6, 6.07) is 18.9. The number of ether oxygens (including phenoxy) is 1. The van der Waals surface area contributed by atoms with Gasteiger partial charge in [0.1, 0.15) is 5.75 Å².